The van der Waals surface area contributed by atoms with Gasteiger partial charge in [0.2, 0.25) is 5.91 Å². The highest BCUT2D eigenvalue weighted by Gasteiger charge is 2.28. The van der Waals surface area contributed by atoms with E-state index in [1.807, 2.05) is 12.1 Å². The number of anilines is 1. The number of aliphatic hydroxyl groups is 1. The Morgan fingerprint density at radius 3 is 2.84 bits per heavy atom. The number of carbonyl (C=O) groups is 2. The van der Waals surface area contributed by atoms with Crippen LogP contribution in [0.2, 0.25) is 0 Å². The molecule has 2 aliphatic rings. The summed E-state index contributed by atoms with van der Waals surface area (Å²) in [5.41, 5.74) is 0. The zero-order valence-corrected chi connectivity index (χ0v) is 14.4. The summed E-state index contributed by atoms with van der Waals surface area (Å²) in [4.78, 5) is 30.2. The molecule has 1 aromatic heterocycles. The molecule has 1 N–H and O–H groups in total. The third-order valence-corrected chi connectivity index (χ3v) is 4.81. The molecule has 3 heterocycles. The van der Waals surface area contributed by atoms with Gasteiger partial charge in [-0.25, -0.2) is 0 Å². The number of nitrogens with zero attached hydrogens (tertiary/aromatic N) is 5. The molecule has 2 aliphatic heterocycles. The van der Waals surface area contributed by atoms with Crippen LogP contribution in [0.5, 0.6) is 0 Å². The molecule has 2 saturated heterocycles. The molecular formula is C17H25N5O3. The van der Waals surface area contributed by atoms with Crippen LogP contribution in [0.4, 0.5) is 5.82 Å². The van der Waals surface area contributed by atoms with Gasteiger partial charge in [-0.3, -0.25) is 9.59 Å². The Hall–Kier alpha value is -2.22. The topological polar surface area (TPSA) is 89.9 Å². The molecule has 2 fully saturated rings. The van der Waals surface area contributed by atoms with Crippen LogP contribution in [0.1, 0.15) is 25.7 Å². The van der Waals surface area contributed by atoms with Crippen molar-refractivity contribution in [3.8, 4) is 0 Å². The minimum atomic E-state index is -0.966. The van der Waals surface area contributed by atoms with Crippen molar-refractivity contribution in [1.82, 2.24) is 20.0 Å². The average Bonchev–Trinajstić information content (AvgIpc) is 2.97. The van der Waals surface area contributed by atoms with E-state index in [4.69, 9.17) is 0 Å². The number of hydrogen-bond donors (Lipinski definition) is 1. The third kappa shape index (κ3) is 4.45. The van der Waals surface area contributed by atoms with Crippen LogP contribution in [0.25, 0.3) is 0 Å². The second kappa shape index (κ2) is 8.24. The molecule has 0 spiro atoms. The minimum absolute atomic E-state index is 0.0524. The smallest absolute Gasteiger partial charge is 0.251 e. The standard InChI is InChI=1S/C17H25N5O3/c23-14-5-1-2-8-22(17(14)25)13-16(24)21-10-4-9-20(11-12-21)15-6-3-7-18-19-15/h3,6-7,14,23H,1-2,4-5,8-13H2. The molecule has 0 saturated carbocycles. The van der Waals surface area contributed by atoms with Crippen LogP contribution in [0.15, 0.2) is 18.3 Å². The van der Waals surface area contributed by atoms with Crippen molar-refractivity contribution in [2.75, 3.05) is 44.2 Å². The van der Waals surface area contributed by atoms with E-state index in [0.717, 1.165) is 31.6 Å². The van der Waals surface area contributed by atoms with E-state index in [1.54, 1.807) is 11.1 Å². The molecule has 8 heteroatoms. The average molecular weight is 347 g/mol. The van der Waals surface area contributed by atoms with Gasteiger partial charge in [-0.1, -0.05) is 0 Å². The van der Waals surface area contributed by atoms with Gasteiger partial charge in [0.25, 0.3) is 5.91 Å². The molecule has 0 aromatic carbocycles. The zero-order chi connectivity index (χ0) is 17.6. The van der Waals surface area contributed by atoms with Crippen molar-refractivity contribution < 1.29 is 14.7 Å². The number of aromatic nitrogens is 2. The van der Waals surface area contributed by atoms with Crippen molar-refractivity contribution in [3.05, 3.63) is 18.3 Å². The maximum absolute atomic E-state index is 12.6. The van der Waals surface area contributed by atoms with Crippen LogP contribution in [-0.4, -0.2) is 82.3 Å². The Bertz CT molecular complexity index is 597. The number of aliphatic hydroxyl groups excluding tert-OH is 1. The van der Waals surface area contributed by atoms with E-state index in [-0.39, 0.29) is 18.4 Å². The molecule has 136 valence electrons. The summed E-state index contributed by atoms with van der Waals surface area (Å²) in [6.07, 6.45) is 3.65. The molecule has 25 heavy (non-hydrogen) atoms. The largest absolute Gasteiger partial charge is 0.383 e. The first-order valence-electron chi connectivity index (χ1n) is 8.92. The molecule has 3 rings (SSSR count). The summed E-state index contributed by atoms with van der Waals surface area (Å²) in [6.45, 7) is 3.38. The maximum Gasteiger partial charge on any atom is 0.251 e. The number of hydrogen-bond acceptors (Lipinski definition) is 6. The number of carbonyl (C=O) groups excluding carboxylic acids is 2. The second-order valence-electron chi connectivity index (χ2n) is 6.57. The number of amides is 2. The summed E-state index contributed by atoms with van der Waals surface area (Å²) in [5, 5.41) is 17.9. The van der Waals surface area contributed by atoms with E-state index in [1.165, 1.54) is 4.90 Å². The predicted molar refractivity (Wildman–Crippen MR) is 91.9 cm³/mol. The van der Waals surface area contributed by atoms with E-state index >= 15 is 0 Å². The summed E-state index contributed by atoms with van der Waals surface area (Å²) in [6, 6.07) is 3.77. The van der Waals surface area contributed by atoms with Gasteiger partial charge in [0, 0.05) is 38.9 Å². The SMILES string of the molecule is O=C(CN1CCCCC(O)C1=O)N1CCCN(c2cccnn2)CC1. The van der Waals surface area contributed by atoms with Gasteiger partial charge in [0.1, 0.15) is 6.10 Å². The van der Waals surface area contributed by atoms with Crippen molar-refractivity contribution in [2.45, 2.75) is 31.8 Å². The summed E-state index contributed by atoms with van der Waals surface area (Å²) >= 11 is 0. The highest BCUT2D eigenvalue weighted by molar-refractivity contribution is 5.87. The fourth-order valence-corrected chi connectivity index (χ4v) is 3.36. The lowest BCUT2D eigenvalue weighted by molar-refractivity contribution is -0.145. The van der Waals surface area contributed by atoms with Crippen LogP contribution in [-0.2, 0) is 9.59 Å². The molecule has 0 radical (unpaired) electrons. The molecule has 0 bridgehead atoms. The van der Waals surface area contributed by atoms with Gasteiger partial charge in [-0.15, -0.1) is 5.10 Å². The van der Waals surface area contributed by atoms with Crippen molar-refractivity contribution in [1.29, 1.82) is 0 Å². The van der Waals surface area contributed by atoms with E-state index < -0.39 is 6.10 Å². The van der Waals surface area contributed by atoms with Gasteiger partial charge in [0.15, 0.2) is 5.82 Å². The minimum Gasteiger partial charge on any atom is -0.383 e. The Labute approximate surface area is 147 Å². The fourth-order valence-electron chi connectivity index (χ4n) is 3.36. The van der Waals surface area contributed by atoms with Gasteiger partial charge in [0.05, 0.1) is 6.54 Å². The summed E-state index contributed by atoms with van der Waals surface area (Å²) in [5.74, 6) is 0.452. The molecule has 1 atom stereocenters. The Kier molecular flexibility index (Phi) is 5.80. The van der Waals surface area contributed by atoms with Gasteiger partial charge < -0.3 is 19.8 Å². The maximum atomic E-state index is 12.6. The summed E-state index contributed by atoms with van der Waals surface area (Å²) in [7, 11) is 0. The van der Waals surface area contributed by atoms with Crippen molar-refractivity contribution >= 4 is 17.6 Å². The molecule has 8 nitrogen and oxygen atoms in total. The highest BCUT2D eigenvalue weighted by atomic mass is 16.3. The van der Waals surface area contributed by atoms with Gasteiger partial charge in [-0.2, -0.15) is 5.10 Å². The van der Waals surface area contributed by atoms with Crippen LogP contribution in [0.3, 0.4) is 0 Å². The molecule has 1 unspecified atom stereocenters. The first-order valence-corrected chi connectivity index (χ1v) is 8.92. The van der Waals surface area contributed by atoms with Crippen LogP contribution in [0, 0.1) is 0 Å². The lowest BCUT2D eigenvalue weighted by Crippen LogP contribution is -2.46. The first-order chi connectivity index (χ1) is 12.1. The Balaban J connectivity index is 1.57. The normalized spacial score (nSPS) is 22.5. The van der Waals surface area contributed by atoms with Crippen LogP contribution >= 0.6 is 0 Å². The lowest BCUT2D eigenvalue weighted by Gasteiger charge is -2.27. The van der Waals surface area contributed by atoms with Crippen LogP contribution < -0.4 is 4.90 Å². The number of likely N-dealkylation sites (tertiary alicyclic amines) is 1. The fraction of sp³-hybridized carbons (Fsp3) is 0.647. The molecular weight excluding hydrogens is 322 g/mol. The lowest BCUT2D eigenvalue weighted by atomic mass is 10.2. The molecule has 0 aliphatic carbocycles. The highest BCUT2D eigenvalue weighted by Crippen LogP contribution is 2.14. The molecule has 1 aromatic rings. The molecule has 2 amide bonds. The van der Waals surface area contributed by atoms with E-state index in [0.29, 0.717) is 32.6 Å². The zero-order valence-electron chi connectivity index (χ0n) is 14.4. The summed E-state index contributed by atoms with van der Waals surface area (Å²) < 4.78 is 0. The van der Waals surface area contributed by atoms with Gasteiger partial charge >= 0.3 is 0 Å². The quantitative estimate of drug-likeness (QED) is 0.820. The third-order valence-electron chi connectivity index (χ3n) is 4.81. The van der Waals surface area contributed by atoms with Gasteiger partial charge in [-0.05, 0) is 37.8 Å². The Morgan fingerprint density at radius 1 is 1.16 bits per heavy atom. The van der Waals surface area contributed by atoms with Crippen molar-refractivity contribution in [3.63, 3.8) is 0 Å². The van der Waals surface area contributed by atoms with E-state index in [2.05, 4.69) is 15.1 Å². The second-order valence-corrected chi connectivity index (χ2v) is 6.57. The predicted octanol–water partition coefficient (Wildman–Crippen LogP) is -0.111. The number of rotatable bonds is 3. The monoisotopic (exact) mass is 347 g/mol. The first kappa shape index (κ1) is 17.6. The van der Waals surface area contributed by atoms with E-state index in [9.17, 15) is 14.7 Å². The van der Waals surface area contributed by atoms with Crippen molar-refractivity contribution in [2.24, 2.45) is 0 Å². The Morgan fingerprint density at radius 2 is 2.04 bits per heavy atom.